The molecule has 2 aromatic heterocycles. The summed E-state index contributed by atoms with van der Waals surface area (Å²) in [6.45, 7) is 7.40. The van der Waals surface area contributed by atoms with Crippen LogP contribution in [0.3, 0.4) is 0 Å². The predicted molar refractivity (Wildman–Crippen MR) is 125 cm³/mol. The molecule has 3 heterocycles. The van der Waals surface area contributed by atoms with E-state index < -0.39 is 0 Å². The third kappa shape index (κ3) is 4.48. The number of aromatic amines is 1. The summed E-state index contributed by atoms with van der Waals surface area (Å²) in [5.74, 6) is 0.642. The molecule has 1 aromatic carbocycles. The van der Waals surface area contributed by atoms with Gasteiger partial charge in [-0.2, -0.15) is 5.10 Å². The predicted octanol–water partition coefficient (Wildman–Crippen LogP) is 3.71. The van der Waals surface area contributed by atoms with Crippen molar-refractivity contribution in [2.45, 2.75) is 19.8 Å². The van der Waals surface area contributed by atoms with E-state index in [4.69, 9.17) is 5.73 Å². The molecule has 158 valence electrons. The van der Waals surface area contributed by atoms with Crippen LogP contribution in [-0.4, -0.2) is 40.9 Å². The highest BCUT2D eigenvalue weighted by Crippen LogP contribution is 2.24. The molecule has 1 saturated heterocycles. The number of allylic oxidation sites excluding steroid dienone is 2. The molecule has 1 amide bonds. The fraction of sp³-hybridized carbons (Fsp3) is 0.217. The Morgan fingerprint density at radius 3 is 2.81 bits per heavy atom. The van der Waals surface area contributed by atoms with Gasteiger partial charge in [-0.25, -0.2) is 4.98 Å². The first-order valence-corrected chi connectivity index (χ1v) is 10.2. The van der Waals surface area contributed by atoms with E-state index in [1.165, 1.54) is 19.0 Å². The van der Waals surface area contributed by atoms with Crippen LogP contribution in [0, 0.1) is 0 Å². The molecule has 0 unspecified atom stereocenters. The summed E-state index contributed by atoms with van der Waals surface area (Å²) in [5.41, 5.74) is 9.99. The van der Waals surface area contributed by atoms with Gasteiger partial charge in [0.05, 0.1) is 23.1 Å². The van der Waals surface area contributed by atoms with E-state index in [9.17, 15) is 4.79 Å². The van der Waals surface area contributed by atoms with Crippen LogP contribution in [0.1, 0.15) is 35.8 Å². The number of hydrogen-bond donors (Lipinski definition) is 3. The van der Waals surface area contributed by atoms with E-state index >= 15 is 0 Å². The summed E-state index contributed by atoms with van der Waals surface area (Å²) in [4.78, 5) is 23.3. The zero-order valence-corrected chi connectivity index (χ0v) is 17.4. The summed E-state index contributed by atoms with van der Waals surface area (Å²) < 4.78 is 0. The summed E-state index contributed by atoms with van der Waals surface area (Å²) in [6, 6.07) is 9.57. The summed E-state index contributed by atoms with van der Waals surface area (Å²) in [5, 5.41) is 10.8. The van der Waals surface area contributed by atoms with Crippen LogP contribution in [0.15, 0.2) is 59.5 Å². The van der Waals surface area contributed by atoms with Gasteiger partial charge in [-0.15, -0.1) is 0 Å². The third-order valence-corrected chi connectivity index (χ3v) is 5.29. The normalized spacial score (nSPS) is 14.8. The summed E-state index contributed by atoms with van der Waals surface area (Å²) in [7, 11) is 0. The van der Waals surface area contributed by atoms with Crippen molar-refractivity contribution in [1.29, 1.82) is 0 Å². The molecule has 0 bridgehead atoms. The van der Waals surface area contributed by atoms with Gasteiger partial charge in [0.2, 0.25) is 0 Å². The van der Waals surface area contributed by atoms with E-state index in [-0.39, 0.29) is 5.91 Å². The van der Waals surface area contributed by atoms with Crippen LogP contribution in [0.25, 0.3) is 16.5 Å². The van der Waals surface area contributed by atoms with Crippen LogP contribution in [0.2, 0.25) is 0 Å². The van der Waals surface area contributed by atoms with Crippen LogP contribution in [-0.2, 0) is 0 Å². The average molecular weight is 416 g/mol. The topological polar surface area (TPSA) is 112 Å². The van der Waals surface area contributed by atoms with Crippen molar-refractivity contribution in [2.75, 3.05) is 23.3 Å². The van der Waals surface area contributed by atoms with Crippen LogP contribution in [0.4, 0.5) is 11.5 Å². The van der Waals surface area contributed by atoms with Crippen molar-refractivity contribution >= 4 is 40.6 Å². The minimum Gasteiger partial charge on any atom is -0.397 e. The molecule has 0 radical (unpaired) electrons. The van der Waals surface area contributed by atoms with Crippen LogP contribution < -0.4 is 16.0 Å². The van der Waals surface area contributed by atoms with E-state index in [0.29, 0.717) is 17.1 Å². The van der Waals surface area contributed by atoms with Crippen molar-refractivity contribution < 1.29 is 4.79 Å². The number of anilines is 2. The first-order valence-electron chi connectivity index (χ1n) is 10.2. The number of benzene rings is 1. The van der Waals surface area contributed by atoms with E-state index in [2.05, 4.69) is 37.1 Å². The average Bonchev–Trinajstić information content (AvgIpc) is 3.44. The second kappa shape index (κ2) is 8.83. The molecule has 8 heteroatoms. The maximum absolute atomic E-state index is 12.9. The molecule has 0 saturated carbocycles. The Kier molecular flexibility index (Phi) is 5.79. The highest BCUT2D eigenvalue weighted by atomic mass is 16.1. The maximum Gasteiger partial charge on any atom is 0.276 e. The van der Waals surface area contributed by atoms with Gasteiger partial charge in [-0.05, 0) is 68.0 Å². The molecule has 0 spiro atoms. The molecule has 1 fully saturated rings. The lowest BCUT2D eigenvalue weighted by Crippen LogP contribution is -2.19. The molecule has 4 rings (SSSR count). The minimum absolute atomic E-state index is 0.295. The van der Waals surface area contributed by atoms with Crippen molar-refractivity contribution in [3.63, 3.8) is 0 Å². The smallest absolute Gasteiger partial charge is 0.276 e. The first-order chi connectivity index (χ1) is 15.0. The monoisotopic (exact) mass is 415 g/mol. The fourth-order valence-corrected chi connectivity index (χ4v) is 3.69. The van der Waals surface area contributed by atoms with Gasteiger partial charge < -0.3 is 16.0 Å². The fourth-order valence-electron chi connectivity index (χ4n) is 3.69. The number of carbonyl (C=O) groups excluding carboxylic acids is 1. The minimum atomic E-state index is -0.295. The third-order valence-electron chi connectivity index (χ3n) is 5.29. The molecule has 1 aliphatic heterocycles. The van der Waals surface area contributed by atoms with Gasteiger partial charge in [0.15, 0.2) is 5.69 Å². The Labute approximate surface area is 180 Å². The molecule has 4 N–H and O–H groups in total. The van der Waals surface area contributed by atoms with Crippen LogP contribution >= 0.6 is 0 Å². The Balaban J connectivity index is 1.55. The molecule has 1 aliphatic rings. The number of carbonyl (C=O) groups is 1. The highest BCUT2D eigenvalue weighted by Gasteiger charge is 2.17. The molecule has 8 nitrogen and oxygen atoms in total. The lowest BCUT2D eigenvalue weighted by atomic mass is 10.0. The number of aromatic nitrogens is 3. The summed E-state index contributed by atoms with van der Waals surface area (Å²) in [6.07, 6.45) is 7.36. The zero-order chi connectivity index (χ0) is 21.8. The van der Waals surface area contributed by atoms with Crippen molar-refractivity contribution in [3.8, 4) is 0 Å². The molecular weight excluding hydrogens is 390 g/mol. The Bertz CT molecular complexity index is 1170. The standard InChI is InChI=1S/C23H25N7O/c1-15(11-17(24)13-25-2)16-5-7-20-19(12-16)22(29-28-20)23(31)27-18-6-8-21(26-14-18)30-9-3-4-10-30/h5-8,11-14H,2-4,9-10,24H2,1H3,(H,27,31)(H,28,29)/b15-11+,17-13+. The first kappa shape index (κ1) is 20.3. The van der Waals surface area contributed by atoms with Crippen LogP contribution in [0.5, 0.6) is 0 Å². The second-order valence-electron chi connectivity index (χ2n) is 7.52. The molecule has 31 heavy (non-hydrogen) atoms. The quantitative estimate of drug-likeness (QED) is 0.420. The SMILES string of the molecule is C=N/C=C(N)\C=C(/C)c1ccc2[nH]nc(C(=O)Nc3ccc(N4CCCC4)nc3)c2c1. The van der Waals surface area contributed by atoms with Crippen molar-refractivity contribution in [2.24, 2.45) is 10.7 Å². The lowest BCUT2D eigenvalue weighted by Gasteiger charge is -2.16. The van der Waals surface area contributed by atoms with Gasteiger partial charge in [0, 0.05) is 24.7 Å². The number of nitrogens with one attached hydrogen (secondary N) is 2. The summed E-state index contributed by atoms with van der Waals surface area (Å²) >= 11 is 0. The Hall–Kier alpha value is -3.94. The molecule has 0 atom stereocenters. The number of nitrogens with two attached hydrogens (primary N) is 1. The van der Waals surface area contributed by atoms with Crippen molar-refractivity contribution in [3.05, 3.63) is 65.8 Å². The molecule has 3 aromatic rings. The van der Waals surface area contributed by atoms with Gasteiger partial charge in [0.25, 0.3) is 5.91 Å². The van der Waals surface area contributed by atoms with E-state index in [0.717, 1.165) is 40.9 Å². The Morgan fingerprint density at radius 2 is 2.10 bits per heavy atom. The van der Waals surface area contributed by atoms with Crippen molar-refractivity contribution in [1.82, 2.24) is 15.2 Å². The van der Waals surface area contributed by atoms with Gasteiger partial charge in [-0.1, -0.05) is 6.07 Å². The van der Waals surface area contributed by atoms with Gasteiger partial charge >= 0.3 is 0 Å². The number of rotatable bonds is 6. The van der Waals surface area contributed by atoms with Gasteiger partial charge in [-0.3, -0.25) is 14.9 Å². The largest absolute Gasteiger partial charge is 0.397 e. The van der Waals surface area contributed by atoms with E-state index in [1.807, 2.05) is 43.3 Å². The second-order valence-corrected chi connectivity index (χ2v) is 7.52. The number of nitrogens with zero attached hydrogens (tertiary/aromatic N) is 4. The zero-order valence-electron chi connectivity index (χ0n) is 17.4. The van der Waals surface area contributed by atoms with Gasteiger partial charge in [0.1, 0.15) is 5.82 Å². The number of amides is 1. The number of aliphatic imine (C=N–C) groups is 1. The highest BCUT2D eigenvalue weighted by molar-refractivity contribution is 6.11. The molecule has 0 aliphatic carbocycles. The molecular formula is C23H25N7O. The van der Waals surface area contributed by atoms with E-state index in [1.54, 1.807) is 6.20 Å². The number of hydrogen-bond acceptors (Lipinski definition) is 6. The number of fused-ring (bicyclic) bond motifs is 1. The maximum atomic E-state index is 12.9. The number of pyridine rings is 1. The lowest BCUT2D eigenvalue weighted by molar-refractivity contribution is 0.102. The number of H-pyrrole nitrogens is 1. The Morgan fingerprint density at radius 1 is 1.29 bits per heavy atom.